The summed E-state index contributed by atoms with van der Waals surface area (Å²) in [6.45, 7) is 4.35. The molecule has 2 aromatic heterocycles. The number of aromatic amines is 1. The Hall–Kier alpha value is -0.760. The predicted molar refractivity (Wildman–Crippen MR) is 80.2 cm³/mol. The Labute approximate surface area is 124 Å². The van der Waals surface area contributed by atoms with Gasteiger partial charge in [0.05, 0.1) is 9.59 Å². The predicted octanol–water partition coefficient (Wildman–Crippen LogP) is 2.66. The molecule has 0 radical (unpaired) electrons. The molecular weight excluding hydrogens is 304 g/mol. The van der Waals surface area contributed by atoms with Gasteiger partial charge in [-0.2, -0.15) is 0 Å². The number of halogens is 1. The van der Waals surface area contributed by atoms with Crippen LogP contribution in [-0.4, -0.2) is 21.3 Å². The highest BCUT2D eigenvalue weighted by atomic mass is 35.5. The van der Waals surface area contributed by atoms with Gasteiger partial charge in [0, 0.05) is 17.5 Å². The van der Waals surface area contributed by atoms with Crippen molar-refractivity contribution < 1.29 is 0 Å². The Bertz CT molecular complexity index is 604. The van der Waals surface area contributed by atoms with Gasteiger partial charge in [0.2, 0.25) is 0 Å². The fourth-order valence-corrected chi connectivity index (χ4v) is 4.07. The van der Waals surface area contributed by atoms with E-state index < -0.39 is 0 Å². The number of thioether (sulfide) groups is 1. The number of nitrogens with one attached hydrogen (secondary N) is 1. The number of thiophene rings is 1. The second kappa shape index (κ2) is 6.13. The summed E-state index contributed by atoms with van der Waals surface area (Å²) in [5, 5.41) is 7.24. The molecular formula is C11H15ClN4OS2. The van der Waals surface area contributed by atoms with Crippen molar-refractivity contribution in [2.45, 2.75) is 30.3 Å². The molecule has 2 rings (SSSR count). The normalized spacial score (nSPS) is 13.1. The van der Waals surface area contributed by atoms with E-state index in [2.05, 4.69) is 10.2 Å². The molecule has 0 aliphatic heterocycles. The quantitative estimate of drug-likeness (QED) is 0.831. The van der Waals surface area contributed by atoms with Gasteiger partial charge in [-0.25, -0.2) is 9.89 Å². The van der Waals surface area contributed by atoms with Gasteiger partial charge in [0.25, 0.3) is 0 Å². The van der Waals surface area contributed by atoms with Gasteiger partial charge in [-0.05, 0) is 26.0 Å². The maximum absolute atomic E-state index is 11.7. The largest absolute Gasteiger partial charge is 0.344 e. The van der Waals surface area contributed by atoms with E-state index in [4.69, 9.17) is 17.3 Å². The molecule has 0 saturated carbocycles. The molecule has 0 spiro atoms. The van der Waals surface area contributed by atoms with Crippen molar-refractivity contribution >= 4 is 34.7 Å². The van der Waals surface area contributed by atoms with E-state index >= 15 is 0 Å². The lowest BCUT2D eigenvalue weighted by atomic mass is 10.3. The number of hydrogen-bond donors (Lipinski definition) is 2. The zero-order chi connectivity index (χ0) is 14.0. The molecule has 1 unspecified atom stereocenters. The Morgan fingerprint density at radius 1 is 1.58 bits per heavy atom. The Kier molecular flexibility index (Phi) is 4.72. The van der Waals surface area contributed by atoms with E-state index in [1.165, 1.54) is 23.1 Å². The molecule has 2 heterocycles. The average Bonchev–Trinajstić information content (AvgIpc) is 2.92. The van der Waals surface area contributed by atoms with Crippen LogP contribution in [0, 0.1) is 0 Å². The monoisotopic (exact) mass is 318 g/mol. The van der Waals surface area contributed by atoms with Crippen LogP contribution in [0.15, 0.2) is 22.1 Å². The number of rotatable bonds is 5. The van der Waals surface area contributed by atoms with Gasteiger partial charge in [0.1, 0.15) is 0 Å². The molecule has 0 aromatic carbocycles. The molecule has 1 atom stereocenters. The van der Waals surface area contributed by atoms with Gasteiger partial charge in [-0.3, -0.25) is 4.57 Å². The molecule has 0 fully saturated rings. The molecule has 104 valence electrons. The SMILES string of the molecule is CC(C)n1c(SC(CN)c2ccc(Cl)s2)n[nH]c1=O. The minimum absolute atomic E-state index is 0.0465. The number of hydrogen-bond acceptors (Lipinski definition) is 5. The van der Waals surface area contributed by atoms with E-state index in [0.717, 1.165) is 9.21 Å². The Morgan fingerprint density at radius 2 is 2.32 bits per heavy atom. The summed E-state index contributed by atoms with van der Waals surface area (Å²) in [5.74, 6) is 0. The lowest BCUT2D eigenvalue weighted by molar-refractivity contribution is 0.533. The molecule has 5 nitrogen and oxygen atoms in total. The third-order valence-corrected chi connectivity index (χ3v) is 5.29. The fourth-order valence-electron chi connectivity index (χ4n) is 1.68. The maximum Gasteiger partial charge on any atom is 0.344 e. The molecule has 19 heavy (non-hydrogen) atoms. The molecule has 0 amide bonds. The summed E-state index contributed by atoms with van der Waals surface area (Å²) in [6, 6.07) is 3.87. The first kappa shape index (κ1) is 14.6. The minimum Gasteiger partial charge on any atom is -0.329 e. The highest BCUT2D eigenvalue weighted by molar-refractivity contribution is 7.99. The third-order valence-electron chi connectivity index (χ3n) is 2.56. The minimum atomic E-state index is -0.197. The summed E-state index contributed by atoms with van der Waals surface area (Å²) in [7, 11) is 0. The van der Waals surface area contributed by atoms with Crippen LogP contribution in [0.2, 0.25) is 4.34 Å². The number of H-pyrrole nitrogens is 1. The zero-order valence-electron chi connectivity index (χ0n) is 10.6. The lowest BCUT2D eigenvalue weighted by Gasteiger charge is -2.14. The second-order valence-electron chi connectivity index (χ2n) is 4.26. The van der Waals surface area contributed by atoms with E-state index in [1.807, 2.05) is 26.0 Å². The van der Waals surface area contributed by atoms with Gasteiger partial charge in [-0.15, -0.1) is 16.4 Å². The number of nitrogens with zero attached hydrogens (tertiary/aromatic N) is 2. The molecule has 3 N–H and O–H groups in total. The van der Waals surface area contributed by atoms with Gasteiger partial charge in [-0.1, -0.05) is 23.4 Å². The van der Waals surface area contributed by atoms with Crippen LogP contribution in [0.4, 0.5) is 0 Å². The first-order valence-corrected chi connectivity index (χ1v) is 7.89. The van der Waals surface area contributed by atoms with Crippen molar-refractivity contribution in [3.8, 4) is 0 Å². The first-order valence-electron chi connectivity index (χ1n) is 5.81. The van der Waals surface area contributed by atoms with Crippen LogP contribution in [0.25, 0.3) is 0 Å². The summed E-state index contributed by atoms with van der Waals surface area (Å²) >= 11 is 8.92. The van der Waals surface area contributed by atoms with Crippen molar-refractivity contribution in [1.29, 1.82) is 0 Å². The molecule has 2 aromatic rings. The fraction of sp³-hybridized carbons (Fsp3) is 0.455. The van der Waals surface area contributed by atoms with Crippen molar-refractivity contribution in [3.63, 3.8) is 0 Å². The summed E-state index contributed by atoms with van der Waals surface area (Å²) in [5.41, 5.74) is 5.62. The standard InChI is InChI=1S/C11H15ClN4OS2/c1-6(2)16-10(17)14-15-11(16)19-8(5-13)7-3-4-9(12)18-7/h3-4,6,8H,5,13H2,1-2H3,(H,14,17). The van der Waals surface area contributed by atoms with Crippen LogP contribution in [0.1, 0.15) is 30.0 Å². The number of nitrogens with two attached hydrogens (primary N) is 1. The Morgan fingerprint density at radius 3 is 2.84 bits per heavy atom. The van der Waals surface area contributed by atoms with E-state index in [1.54, 1.807) is 4.57 Å². The van der Waals surface area contributed by atoms with E-state index in [9.17, 15) is 4.79 Å². The van der Waals surface area contributed by atoms with Crippen LogP contribution in [0.3, 0.4) is 0 Å². The van der Waals surface area contributed by atoms with Gasteiger partial charge in [0.15, 0.2) is 5.16 Å². The Balaban J connectivity index is 2.26. The van der Waals surface area contributed by atoms with Gasteiger partial charge < -0.3 is 5.73 Å². The average molecular weight is 319 g/mol. The van der Waals surface area contributed by atoms with Crippen LogP contribution >= 0.6 is 34.7 Å². The van der Waals surface area contributed by atoms with Crippen molar-refractivity contribution in [2.75, 3.05) is 6.54 Å². The van der Waals surface area contributed by atoms with Crippen molar-refractivity contribution in [3.05, 3.63) is 31.8 Å². The third kappa shape index (κ3) is 3.22. The van der Waals surface area contributed by atoms with Crippen LogP contribution in [-0.2, 0) is 0 Å². The topological polar surface area (TPSA) is 76.7 Å². The van der Waals surface area contributed by atoms with Crippen LogP contribution in [0.5, 0.6) is 0 Å². The molecule has 0 aliphatic carbocycles. The first-order chi connectivity index (χ1) is 9.02. The molecule has 0 bridgehead atoms. The zero-order valence-corrected chi connectivity index (χ0v) is 13.0. The van der Waals surface area contributed by atoms with Crippen molar-refractivity contribution in [1.82, 2.24) is 14.8 Å². The molecule has 0 saturated heterocycles. The lowest BCUT2D eigenvalue weighted by Crippen LogP contribution is -2.20. The van der Waals surface area contributed by atoms with Gasteiger partial charge >= 0.3 is 5.69 Å². The smallest absolute Gasteiger partial charge is 0.329 e. The van der Waals surface area contributed by atoms with Crippen LogP contribution < -0.4 is 11.4 Å². The summed E-state index contributed by atoms with van der Waals surface area (Å²) < 4.78 is 2.36. The molecule has 0 aliphatic rings. The van der Waals surface area contributed by atoms with Crippen molar-refractivity contribution in [2.24, 2.45) is 5.73 Å². The highest BCUT2D eigenvalue weighted by Gasteiger charge is 2.19. The second-order valence-corrected chi connectivity index (χ2v) is 7.18. The maximum atomic E-state index is 11.7. The number of aromatic nitrogens is 3. The summed E-state index contributed by atoms with van der Waals surface area (Å²) in [6.07, 6.45) is 0. The van der Waals surface area contributed by atoms with E-state index in [0.29, 0.717) is 11.7 Å². The highest BCUT2D eigenvalue weighted by Crippen LogP contribution is 2.38. The van der Waals surface area contributed by atoms with E-state index in [-0.39, 0.29) is 17.0 Å². The summed E-state index contributed by atoms with van der Waals surface area (Å²) in [4.78, 5) is 12.8. The molecule has 8 heteroatoms.